The Hall–Kier alpha value is -0.710. The average molecular weight is 221 g/mol. The van der Waals surface area contributed by atoms with Gasteiger partial charge >= 0.3 is 6.09 Å². The minimum atomic E-state index is -0.541. The van der Waals surface area contributed by atoms with Crippen LogP contribution in [0, 0.1) is 5.92 Å². The van der Waals surface area contributed by atoms with Crippen molar-refractivity contribution in [2.75, 3.05) is 0 Å². The highest BCUT2D eigenvalue weighted by Gasteiger charge is 2.16. The lowest BCUT2D eigenvalue weighted by molar-refractivity contribution is -0.110. The summed E-state index contributed by atoms with van der Waals surface area (Å²) in [5.41, 5.74) is 0. The van der Waals surface area contributed by atoms with Crippen molar-refractivity contribution in [3.05, 3.63) is 0 Å². The van der Waals surface area contributed by atoms with Crippen molar-refractivity contribution in [1.82, 2.24) is 5.32 Å². The SMILES string of the molecule is CC(C)OC(=O)N[C@H](C=O)C(C)C.S. The zero-order valence-corrected chi connectivity index (χ0v) is 10.0. The first kappa shape index (κ1) is 15.7. The van der Waals surface area contributed by atoms with Crippen LogP contribution in [0.15, 0.2) is 0 Å². The van der Waals surface area contributed by atoms with Crippen LogP contribution in [-0.2, 0) is 9.53 Å². The summed E-state index contributed by atoms with van der Waals surface area (Å²) in [6, 6.07) is -0.466. The molecule has 84 valence electrons. The van der Waals surface area contributed by atoms with Crippen molar-refractivity contribution in [2.45, 2.75) is 39.8 Å². The van der Waals surface area contributed by atoms with E-state index in [1.54, 1.807) is 13.8 Å². The van der Waals surface area contributed by atoms with E-state index >= 15 is 0 Å². The molecule has 0 saturated heterocycles. The highest BCUT2D eigenvalue weighted by molar-refractivity contribution is 7.59. The predicted molar refractivity (Wildman–Crippen MR) is 59.8 cm³/mol. The number of hydrogen-bond donors (Lipinski definition) is 1. The fourth-order valence-corrected chi connectivity index (χ4v) is 0.742. The lowest BCUT2D eigenvalue weighted by atomic mass is 10.1. The van der Waals surface area contributed by atoms with E-state index in [2.05, 4.69) is 5.32 Å². The standard InChI is InChI=1S/C9H17NO3.H2S/c1-6(2)8(5-11)10-9(12)13-7(3)4;/h5-8H,1-4H3,(H,10,12);1H2/t8-;/m1./s1. The Morgan fingerprint density at radius 3 is 2.07 bits per heavy atom. The molecule has 1 amide bonds. The van der Waals surface area contributed by atoms with Crippen molar-refractivity contribution in [1.29, 1.82) is 0 Å². The van der Waals surface area contributed by atoms with Gasteiger partial charge in [-0.15, -0.1) is 0 Å². The number of amides is 1. The lowest BCUT2D eigenvalue weighted by Crippen LogP contribution is -2.40. The molecule has 0 aromatic rings. The third-order valence-electron chi connectivity index (χ3n) is 1.49. The fraction of sp³-hybridized carbons (Fsp3) is 0.778. The molecule has 4 nitrogen and oxygen atoms in total. The van der Waals surface area contributed by atoms with Gasteiger partial charge in [-0.3, -0.25) is 0 Å². The van der Waals surface area contributed by atoms with Gasteiger partial charge in [0.1, 0.15) is 6.29 Å². The fourth-order valence-electron chi connectivity index (χ4n) is 0.742. The quantitative estimate of drug-likeness (QED) is 0.731. The van der Waals surface area contributed by atoms with Crippen LogP contribution in [0.4, 0.5) is 4.79 Å². The van der Waals surface area contributed by atoms with E-state index in [0.717, 1.165) is 0 Å². The normalized spacial score (nSPS) is 11.9. The second-order valence-corrected chi connectivity index (χ2v) is 3.50. The van der Waals surface area contributed by atoms with E-state index in [0.29, 0.717) is 6.29 Å². The zero-order valence-electron chi connectivity index (χ0n) is 9.03. The number of hydrogen-bond acceptors (Lipinski definition) is 3. The maximum absolute atomic E-state index is 11.0. The van der Waals surface area contributed by atoms with Crippen LogP contribution in [0.1, 0.15) is 27.7 Å². The first-order chi connectivity index (χ1) is 5.97. The molecule has 0 heterocycles. The second-order valence-electron chi connectivity index (χ2n) is 3.50. The van der Waals surface area contributed by atoms with E-state index in [1.165, 1.54) is 0 Å². The van der Waals surface area contributed by atoms with Gasteiger partial charge in [0, 0.05) is 0 Å². The third kappa shape index (κ3) is 6.77. The number of rotatable bonds is 4. The van der Waals surface area contributed by atoms with E-state index in [-0.39, 0.29) is 25.5 Å². The van der Waals surface area contributed by atoms with Gasteiger partial charge in [-0.2, -0.15) is 13.5 Å². The Morgan fingerprint density at radius 1 is 1.29 bits per heavy atom. The first-order valence-corrected chi connectivity index (χ1v) is 4.39. The molecule has 0 rings (SSSR count). The van der Waals surface area contributed by atoms with Gasteiger partial charge in [0.15, 0.2) is 0 Å². The number of carbonyl (C=O) groups is 2. The molecule has 0 aliphatic rings. The van der Waals surface area contributed by atoms with Gasteiger partial charge in [-0.05, 0) is 19.8 Å². The maximum atomic E-state index is 11.0. The summed E-state index contributed by atoms with van der Waals surface area (Å²) in [5, 5.41) is 2.47. The van der Waals surface area contributed by atoms with Gasteiger partial charge < -0.3 is 14.8 Å². The minimum absolute atomic E-state index is 0. The van der Waals surface area contributed by atoms with Crippen LogP contribution in [-0.4, -0.2) is 24.5 Å². The number of carbonyl (C=O) groups excluding carboxylic acids is 2. The Bertz CT molecular complexity index is 183. The highest BCUT2D eigenvalue weighted by atomic mass is 32.1. The molecule has 0 aliphatic carbocycles. The molecule has 1 N–H and O–H groups in total. The maximum Gasteiger partial charge on any atom is 0.407 e. The van der Waals surface area contributed by atoms with Gasteiger partial charge in [0.2, 0.25) is 0 Å². The first-order valence-electron chi connectivity index (χ1n) is 4.39. The third-order valence-corrected chi connectivity index (χ3v) is 1.49. The Kier molecular flexibility index (Phi) is 8.63. The molecule has 0 aliphatic heterocycles. The molecule has 0 spiro atoms. The molecule has 0 aromatic heterocycles. The van der Waals surface area contributed by atoms with Crippen molar-refractivity contribution in [3.63, 3.8) is 0 Å². The molecule has 1 atom stereocenters. The molecule has 0 radical (unpaired) electrons. The van der Waals surface area contributed by atoms with Crippen molar-refractivity contribution in [3.8, 4) is 0 Å². The van der Waals surface area contributed by atoms with E-state index in [1.807, 2.05) is 13.8 Å². The summed E-state index contributed by atoms with van der Waals surface area (Å²) in [4.78, 5) is 21.5. The molecule has 0 bridgehead atoms. The molecule has 0 aromatic carbocycles. The van der Waals surface area contributed by atoms with Crippen LogP contribution < -0.4 is 5.32 Å². The Labute approximate surface area is 91.8 Å². The predicted octanol–water partition coefficient (Wildman–Crippen LogP) is 1.46. The van der Waals surface area contributed by atoms with Gasteiger partial charge in [-0.1, -0.05) is 13.8 Å². The van der Waals surface area contributed by atoms with E-state index in [9.17, 15) is 9.59 Å². The van der Waals surface area contributed by atoms with Crippen molar-refractivity contribution >= 4 is 25.9 Å². The Balaban J connectivity index is 0. The van der Waals surface area contributed by atoms with Gasteiger partial charge in [0.05, 0.1) is 12.1 Å². The van der Waals surface area contributed by atoms with Crippen LogP contribution in [0.25, 0.3) is 0 Å². The van der Waals surface area contributed by atoms with E-state index in [4.69, 9.17) is 4.74 Å². The largest absolute Gasteiger partial charge is 0.447 e. The summed E-state index contributed by atoms with van der Waals surface area (Å²) < 4.78 is 4.82. The summed E-state index contributed by atoms with van der Waals surface area (Å²) in [6.45, 7) is 7.22. The summed E-state index contributed by atoms with van der Waals surface area (Å²) in [7, 11) is 0. The summed E-state index contributed by atoms with van der Waals surface area (Å²) in [5.74, 6) is 0.0808. The number of ether oxygens (including phenoxy) is 1. The van der Waals surface area contributed by atoms with Gasteiger partial charge in [-0.25, -0.2) is 4.79 Å². The van der Waals surface area contributed by atoms with Crippen molar-refractivity contribution < 1.29 is 14.3 Å². The minimum Gasteiger partial charge on any atom is -0.447 e. The van der Waals surface area contributed by atoms with Crippen molar-refractivity contribution in [2.24, 2.45) is 5.92 Å². The zero-order chi connectivity index (χ0) is 10.4. The van der Waals surface area contributed by atoms with E-state index < -0.39 is 12.1 Å². The van der Waals surface area contributed by atoms with Crippen LogP contribution in [0.2, 0.25) is 0 Å². The summed E-state index contributed by atoms with van der Waals surface area (Å²) in [6.07, 6.45) is 0.00645. The lowest BCUT2D eigenvalue weighted by Gasteiger charge is -2.17. The summed E-state index contributed by atoms with van der Waals surface area (Å²) >= 11 is 0. The molecule has 0 unspecified atom stereocenters. The monoisotopic (exact) mass is 221 g/mol. The van der Waals surface area contributed by atoms with Crippen LogP contribution in [0.3, 0.4) is 0 Å². The number of alkyl carbamates (subject to hydrolysis) is 1. The second kappa shape index (κ2) is 7.67. The number of nitrogens with one attached hydrogen (secondary N) is 1. The Morgan fingerprint density at radius 2 is 1.79 bits per heavy atom. The molecule has 5 heteroatoms. The molecule has 0 fully saturated rings. The molecular weight excluding hydrogens is 202 g/mol. The smallest absolute Gasteiger partial charge is 0.407 e. The van der Waals surface area contributed by atoms with Crippen LogP contribution >= 0.6 is 13.5 Å². The molecule has 14 heavy (non-hydrogen) atoms. The van der Waals surface area contributed by atoms with Gasteiger partial charge in [0.25, 0.3) is 0 Å². The molecular formula is C9H19NO3S. The molecule has 0 saturated carbocycles. The topological polar surface area (TPSA) is 55.4 Å². The highest BCUT2D eigenvalue weighted by Crippen LogP contribution is 1.99. The number of aldehydes is 1. The average Bonchev–Trinajstić information content (AvgIpc) is 1.98. The van der Waals surface area contributed by atoms with Crippen LogP contribution in [0.5, 0.6) is 0 Å².